The molecule has 0 fully saturated rings. The van der Waals surface area contributed by atoms with Crippen molar-refractivity contribution in [3.05, 3.63) is 70.8 Å². The molecule has 5 rings (SSSR count). The van der Waals surface area contributed by atoms with Crippen LogP contribution in [0, 0.1) is 0 Å². The van der Waals surface area contributed by atoms with E-state index in [1.165, 1.54) is 4.90 Å². The van der Waals surface area contributed by atoms with Crippen molar-refractivity contribution in [1.29, 1.82) is 0 Å². The molecule has 1 aliphatic carbocycles. The molecule has 2 bridgehead atoms. The van der Waals surface area contributed by atoms with E-state index in [0.29, 0.717) is 0 Å². The lowest BCUT2D eigenvalue weighted by Crippen LogP contribution is -2.34. The molecule has 0 N–H and O–H groups in total. The number of amides is 2. The Hall–Kier alpha value is -2.42. The van der Waals surface area contributed by atoms with Crippen LogP contribution in [0.15, 0.2) is 48.5 Å². The van der Waals surface area contributed by atoms with Gasteiger partial charge in [0.05, 0.1) is 11.8 Å². The molecule has 0 atom stereocenters. The number of benzene rings is 2. The van der Waals surface area contributed by atoms with Gasteiger partial charge in [-0.3, -0.25) is 14.5 Å². The van der Waals surface area contributed by atoms with E-state index >= 15 is 0 Å². The van der Waals surface area contributed by atoms with Crippen molar-refractivity contribution in [3.63, 3.8) is 0 Å². The van der Waals surface area contributed by atoms with E-state index in [4.69, 9.17) is 0 Å². The highest BCUT2D eigenvalue weighted by Crippen LogP contribution is 2.47. The van der Waals surface area contributed by atoms with E-state index < -0.39 is 0 Å². The molecule has 0 saturated carbocycles. The molecule has 20 heavy (non-hydrogen) atoms. The third kappa shape index (κ3) is 1.24. The molecule has 98 valence electrons. The maximum absolute atomic E-state index is 12.6. The summed E-state index contributed by atoms with van der Waals surface area (Å²) in [5.74, 6) is -0.963. The molecular weight excluding hydrogens is 250 g/mol. The Kier molecular flexibility index (Phi) is 2.16. The zero-order valence-electron chi connectivity index (χ0n) is 11.0. The van der Waals surface area contributed by atoms with Crippen LogP contribution in [-0.2, 0) is 9.59 Å². The summed E-state index contributed by atoms with van der Waals surface area (Å²) >= 11 is 0. The topological polar surface area (TPSA) is 37.4 Å². The molecule has 3 heteroatoms. The largest absolute Gasteiger partial charge is 0.284 e. The second-order valence-electron chi connectivity index (χ2n) is 5.36. The highest BCUT2D eigenvalue weighted by Gasteiger charge is 2.46. The van der Waals surface area contributed by atoms with Crippen molar-refractivity contribution in [3.8, 4) is 0 Å². The van der Waals surface area contributed by atoms with Crippen molar-refractivity contribution < 1.29 is 9.59 Å². The quantitative estimate of drug-likeness (QED) is 0.684. The summed E-state index contributed by atoms with van der Waals surface area (Å²) in [6, 6.07) is 15.6. The van der Waals surface area contributed by atoms with E-state index in [1.54, 1.807) is 7.05 Å². The van der Waals surface area contributed by atoms with Gasteiger partial charge in [0.15, 0.2) is 0 Å². The van der Waals surface area contributed by atoms with Crippen molar-refractivity contribution in [1.82, 2.24) is 4.90 Å². The predicted octanol–water partition coefficient (Wildman–Crippen LogP) is 2.26. The smallest absolute Gasteiger partial charge is 0.240 e. The second-order valence-corrected chi connectivity index (χ2v) is 5.36. The van der Waals surface area contributed by atoms with Gasteiger partial charge in [0.25, 0.3) is 0 Å². The second kappa shape index (κ2) is 3.79. The van der Waals surface area contributed by atoms with Crippen molar-refractivity contribution in [2.45, 2.75) is 11.8 Å². The van der Waals surface area contributed by atoms with Gasteiger partial charge in [-0.25, -0.2) is 0 Å². The Morgan fingerprint density at radius 3 is 1.30 bits per heavy atom. The standard InChI is InChI=1S/C17H13NO2/c1-18-16(19)14-10-6-2-3-7-11(10)15(17(18)20)13-9-5-4-8-12(13)14/h2-9,14-15H,1H3. The fourth-order valence-corrected chi connectivity index (χ4v) is 3.44. The summed E-state index contributed by atoms with van der Waals surface area (Å²) in [4.78, 5) is 26.6. The first kappa shape index (κ1) is 11.4. The van der Waals surface area contributed by atoms with Crippen molar-refractivity contribution in [2.24, 2.45) is 0 Å². The average molecular weight is 263 g/mol. The summed E-state index contributed by atoms with van der Waals surface area (Å²) in [6.07, 6.45) is 0. The van der Waals surface area contributed by atoms with Gasteiger partial charge in [-0.1, -0.05) is 48.5 Å². The Bertz CT molecular complexity index is 641. The number of rotatable bonds is 0. The zero-order chi connectivity index (χ0) is 13.9. The minimum Gasteiger partial charge on any atom is -0.284 e. The van der Waals surface area contributed by atoms with Crippen molar-refractivity contribution >= 4 is 11.8 Å². The number of hydrogen-bond donors (Lipinski definition) is 0. The lowest BCUT2D eigenvalue weighted by molar-refractivity contribution is -0.142. The minimum atomic E-state index is -0.352. The molecule has 0 radical (unpaired) electrons. The third-order valence-corrected chi connectivity index (χ3v) is 4.39. The van der Waals surface area contributed by atoms with Crippen LogP contribution in [0.1, 0.15) is 34.1 Å². The van der Waals surface area contributed by atoms with Crippen LogP contribution in [0.5, 0.6) is 0 Å². The van der Waals surface area contributed by atoms with Gasteiger partial charge in [0, 0.05) is 7.05 Å². The molecule has 2 amide bonds. The Labute approximate surface area is 116 Å². The number of nitrogens with zero attached hydrogens (tertiary/aromatic N) is 1. The van der Waals surface area contributed by atoms with E-state index in [9.17, 15) is 9.59 Å². The van der Waals surface area contributed by atoms with Gasteiger partial charge in [-0.05, 0) is 22.3 Å². The van der Waals surface area contributed by atoms with E-state index in [1.807, 2.05) is 48.5 Å². The van der Waals surface area contributed by atoms with E-state index in [0.717, 1.165) is 22.3 Å². The Morgan fingerprint density at radius 1 is 0.700 bits per heavy atom. The molecule has 0 saturated heterocycles. The van der Waals surface area contributed by atoms with Crippen LogP contribution in [0.25, 0.3) is 0 Å². The van der Waals surface area contributed by atoms with E-state index in [-0.39, 0.29) is 23.7 Å². The maximum atomic E-state index is 12.6. The summed E-state index contributed by atoms with van der Waals surface area (Å²) in [6.45, 7) is 0. The molecule has 2 heterocycles. The SMILES string of the molecule is CN1C(=O)C2c3ccccc3C(C1=O)c1ccccc12. The molecule has 0 unspecified atom stereocenters. The molecule has 2 aliphatic heterocycles. The summed E-state index contributed by atoms with van der Waals surface area (Å²) in [7, 11) is 1.59. The fourth-order valence-electron chi connectivity index (χ4n) is 3.44. The monoisotopic (exact) mass is 263 g/mol. The molecule has 3 aliphatic rings. The van der Waals surface area contributed by atoms with Crippen LogP contribution in [0.2, 0.25) is 0 Å². The van der Waals surface area contributed by atoms with Gasteiger partial charge in [0.1, 0.15) is 0 Å². The van der Waals surface area contributed by atoms with Gasteiger partial charge in [-0.15, -0.1) is 0 Å². The summed E-state index contributed by atoms with van der Waals surface area (Å²) < 4.78 is 0. The lowest BCUT2D eigenvalue weighted by Gasteiger charge is -2.27. The zero-order valence-corrected chi connectivity index (χ0v) is 11.0. The molecule has 2 aromatic rings. The normalized spacial score (nSPS) is 23.4. The molecule has 0 spiro atoms. The number of carbonyl (C=O) groups is 2. The summed E-state index contributed by atoms with van der Waals surface area (Å²) in [5, 5.41) is 0. The first-order valence-electron chi connectivity index (χ1n) is 6.69. The predicted molar refractivity (Wildman–Crippen MR) is 74.3 cm³/mol. The van der Waals surface area contributed by atoms with Crippen molar-refractivity contribution in [2.75, 3.05) is 7.05 Å². The van der Waals surface area contributed by atoms with Crippen LogP contribution < -0.4 is 0 Å². The first-order chi connectivity index (χ1) is 9.70. The van der Waals surface area contributed by atoms with Crippen LogP contribution in [-0.4, -0.2) is 23.8 Å². The highest BCUT2D eigenvalue weighted by molar-refractivity contribution is 6.08. The van der Waals surface area contributed by atoms with Crippen LogP contribution in [0.3, 0.4) is 0 Å². The number of fused-ring (bicyclic) bond motifs is 2. The maximum Gasteiger partial charge on any atom is 0.240 e. The number of carbonyl (C=O) groups excluding carboxylic acids is 2. The minimum absolute atomic E-state index is 0.130. The number of imide groups is 1. The third-order valence-electron chi connectivity index (χ3n) is 4.39. The van der Waals surface area contributed by atoms with E-state index in [2.05, 4.69) is 0 Å². The highest BCUT2D eigenvalue weighted by atomic mass is 16.2. The lowest BCUT2D eigenvalue weighted by atomic mass is 9.73. The van der Waals surface area contributed by atoms with Gasteiger partial charge >= 0.3 is 0 Å². The fraction of sp³-hybridized carbons (Fsp3) is 0.176. The molecule has 2 aromatic carbocycles. The summed E-state index contributed by atoms with van der Waals surface area (Å²) in [5.41, 5.74) is 3.88. The van der Waals surface area contributed by atoms with Gasteiger partial charge < -0.3 is 0 Å². The van der Waals surface area contributed by atoms with Crippen LogP contribution >= 0.6 is 0 Å². The average Bonchev–Trinajstić information content (AvgIpc) is 2.62. The molecule has 0 aromatic heterocycles. The molecule has 3 nitrogen and oxygen atoms in total. The Balaban J connectivity index is 2.13. The first-order valence-corrected chi connectivity index (χ1v) is 6.69. The Morgan fingerprint density at radius 2 is 1.00 bits per heavy atom. The number of hydrogen-bond acceptors (Lipinski definition) is 2. The van der Waals surface area contributed by atoms with Gasteiger partial charge in [-0.2, -0.15) is 0 Å². The van der Waals surface area contributed by atoms with Crippen LogP contribution in [0.4, 0.5) is 0 Å². The number of likely N-dealkylation sites (N-methyl/N-ethyl adjacent to an activating group) is 1. The van der Waals surface area contributed by atoms with Gasteiger partial charge in [0.2, 0.25) is 11.8 Å². The molecular formula is C17H13NO2.